The number of hydrogen-bond donors (Lipinski definition) is 2. The second-order valence-corrected chi connectivity index (χ2v) is 27.3. The first-order valence-electron chi connectivity index (χ1n) is 20.0. The predicted octanol–water partition coefficient (Wildman–Crippen LogP) is 10.3. The minimum absolute atomic E-state index is 0.0881. The van der Waals surface area contributed by atoms with Crippen LogP contribution in [-0.2, 0) is 25.0 Å². The van der Waals surface area contributed by atoms with Crippen molar-refractivity contribution in [2.24, 2.45) is 0 Å². The van der Waals surface area contributed by atoms with Gasteiger partial charge >= 0.3 is 0 Å². The van der Waals surface area contributed by atoms with E-state index < -0.39 is 28.7 Å². The number of ether oxygens (including phenoxy) is 2. The first kappa shape index (κ1) is 44.0. The molecule has 0 spiro atoms. The molecular formula is C45H66N2O6Si2. The smallest absolute Gasteiger partial charge is 0.243 e. The maximum Gasteiger partial charge on any atom is 0.243 e. The Morgan fingerprint density at radius 1 is 0.745 bits per heavy atom. The van der Waals surface area contributed by atoms with Crippen LogP contribution in [0.4, 0.5) is 0 Å². The van der Waals surface area contributed by atoms with E-state index in [2.05, 4.69) is 78.4 Å². The topological polar surface area (TPSA) is 95.1 Å². The van der Waals surface area contributed by atoms with Gasteiger partial charge in [-0.3, -0.25) is 9.59 Å². The van der Waals surface area contributed by atoms with Gasteiger partial charge in [0, 0.05) is 37.9 Å². The van der Waals surface area contributed by atoms with Gasteiger partial charge in [0.05, 0.1) is 0 Å². The molecule has 2 amide bonds. The largest absolute Gasteiger partial charge is 0.489 e. The van der Waals surface area contributed by atoms with E-state index in [-0.39, 0.29) is 21.9 Å². The fourth-order valence-corrected chi connectivity index (χ4v) is 7.90. The van der Waals surface area contributed by atoms with Crippen molar-refractivity contribution in [2.75, 3.05) is 26.3 Å². The van der Waals surface area contributed by atoms with Gasteiger partial charge in [0.2, 0.25) is 11.8 Å². The number of carbonyl (C=O) groups is 2. The Labute approximate surface area is 333 Å². The third kappa shape index (κ3) is 12.9. The molecule has 1 heterocycles. The van der Waals surface area contributed by atoms with Gasteiger partial charge in [-0.25, -0.2) is 0 Å². The van der Waals surface area contributed by atoms with Crippen molar-refractivity contribution in [1.29, 1.82) is 0 Å². The summed E-state index contributed by atoms with van der Waals surface area (Å²) in [6, 6.07) is 23.6. The van der Waals surface area contributed by atoms with Crippen LogP contribution in [0.25, 0.3) is 6.08 Å². The summed E-state index contributed by atoms with van der Waals surface area (Å²) in [6.07, 6.45) is 6.28. The van der Waals surface area contributed by atoms with Crippen LogP contribution in [0.3, 0.4) is 0 Å². The molecule has 0 aromatic heterocycles. The van der Waals surface area contributed by atoms with Crippen LogP contribution in [0.15, 0.2) is 78.9 Å². The standard InChI is InChI=1S/C45H66N2O6Si2/c1-44(2,3)54(7,8)51-30-16-14-28-46-40(48)27-21-34-20-26-39-38(32-34)41(43(49)47-29-15-17-31-52-55(9,10)45(4,5)6)42(53-39)36-22-24-37(25-23-36)50-33-35-18-12-11-13-19-35/h11-13,18-27,32,41-42H,14-17,28-31,33H2,1-10H3,(H,46,48)(H,47,49)/b27-21+/t41-,42-/m0/s1. The minimum Gasteiger partial charge on any atom is -0.489 e. The molecule has 3 aromatic carbocycles. The second-order valence-electron chi connectivity index (χ2n) is 17.7. The highest BCUT2D eigenvalue weighted by molar-refractivity contribution is 6.74. The number of rotatable bonds is 19. The summed E-state index contributed by atoms with van der Waals surface area (Å²) in [4.78, 5) is 26.7. The molecular weight excluding hydrogens is 721 g/mol. The van der Waals surface area contributed by atoms with Crippen molar-refractivity contribution in [3.63, 3.8) is 0 Å². The Balaban J connectivity index is 1.38. The third-order valence-corrected chi connectivity index (χ3v) is 20.4. The molecule has 8 nitrogen and oxygen atoms in total. The number of unbranched alkanes of at least 4 members (excludes halogenated alkanes) is 2. The summed E-state index contributed by atoms with van der Waals surface area (Å²) in [5.41, 5.74) is 3.61. The number of carbonyl (C=O) groups excluding carboxylic acids is 2. The van der Waals surface area contributed by atoms with Crippen molar-refractivity contribution < 1.29 is 27.9 Å². The van der Waals surface area contributed by atoms with E-state index >= 15 is 0 Å². The van der Waals surface area contributed by atoms with Crippen LogP contribution >= 0.6 is 0 Å². The number of fused-ring (bicyclic) bond motifs is 1. The number of amides is 2. The Morgan fingerprint density at radius 2 is 1.33 bits per heavy atom. The van der Waals surface area contributed by atoms with E-state index in [0.29, 0.717) is 38.7 Å². The lowest BCUT2D eigenvalue weighted by atomic mass is 9.89. The van der Waals surface area contributed by atoms with Gasteiger partial charge in [0.15, 0.2) is 16.6 Å². The van der Waals surface area contributed by atoms with Gasteiger partial charge < -0.3 is 29.0 Å². The van der Waals surface area contributed by atoms with Crippen molar-refractivity contribution in [3.05, 3.63) is 101 Å². The highest BCUT2D eigenvalue weighted by atomic mass is 28.4. The second kappa shape index (κ2) is 19.4. The lowest BCUT2D eigenvalue weighted by Gasteiger charge is -2.36. The summed E-state index contributed by atoms with van der Waals surface area (Å²) < 4.78 is 25.1. The molecule has 0 bridgehead atoms. The molecule has 0 aliphatic carbocycles. The van der Waals surface area contributed by atoms with Crippen molar-refractivity contribution in [1.82, 2.24) is 10.6 Å². The summed E-state index contributed by atoms with van der Waals surface area (Å²) in [5, 5.41) is 6.53. The van der Waals surface area contributed by atoms with Crippen molar-refractivity contribution in [2.45, 2.75) is 122 Å². The predicted molar refractivity (Wildman–Crippen MR) is 230 cm³/mol. The van der Waals surface area contributed by atoms with Crippen molar-refractivity contribution in [3.8, 4) is 11.5 Å². The minimum atomic E-state index is -1.81. The van der Waals surface area contributed by atoms with E-state index in [9.17, 15) is 9.59 Å². The lowest BCUT2D eigenvalue weighted by Crippen LogP contribution is -2.41. The van der Waals surface area contributed by atoms with E-state index in [1.54, 1.807) is 12.2 Å². The first-order chi connectivity index (χ1) is 25.9. The maximum absolute atomic E-state index is 14.0. The lowest BCUT2D eigenvalue weighted by molar-refractivity contribution is -0.124. The molecule has 4 rings (SSSR count). The van der Waals surface area contributed by atoms with E-state index in [1.165, 1.54) is 0 Å². The van der Waals surface area contributed by atoms with Crippen LogP contribution in [0.1, 0.15) is 102 Å². The molecule has 0 saturated carbocycles. The maximum atomic E-state index is 14.0. The van der Waals surface area contributed by atoms with Crippen LogP contribution in [0, 0.1) is 0 Å². The van der Waals surface area contributed by atoms with E-state index in [0.717, 1.165) is 53.7 Å². The number of hydrogen-bond acceptors (Lipinski definition) is 6. The van der Waals surface area contributed by atoms with Gasteiger partial charge in [-0.2, -0.15) is 0 Å². The molecule has 2 atom stereocenters. The molecule has 0 radical (unpaired) electrons. The van der Waals surface area contributed by atoms with Crippen LogP contribution < -0.4 is 20.1 Å². The normalized spacial score (nSPS) is 16.1. The Bertz CT molecular complexity index is 1710. The van der Waals surface area contributed by atoms with Gasteiger partial charge in [0.1, 0.15) is 30.1 Å². The molecule has 0 fully saturated rings. The van der Waals surface area contributed by atoms with E-state index in [1.807, 2.05) is 72.8 Å². The van der Waals surface area contributed by atoms with Crippen molar-refractivity contribution >= 4 is 34.5 Å². The molecule has 1 aliphatic rings. The summed E-state index contributed by atoms with van der Waals surface area (Å²) in [5.74, 6) is 0.606. The molecule has 2 N–H and O–H groups in total. The average molecular weight is 787 g/mol. The van der Waals surface area contributed by atoms with Gasteiger partial charge in [-0.15, -0.1) is 0 Å². The van der Waals surface area contributed by atoms with Crippen LogP contribution in [-0.4, -0.2) is 54.8 Å². The van der Waals surface area contributed by atoms with Gasteiger partial charge in [-0.1, -0.05) is 90.1 Å². The third-order valence-electron chi connectivity index (χ3n) is 11.4. The molecule has 0 saturated heterocycles. The van der Waals surface area contributed by atoms with Gasteiger partial charge in [-0.05, 0) is 109 Å². The Hall–Kier alpha value is -3.71. The average Bonchev–Trinajstić information content (AvgIpc) is 3.51. The Morgan fingerprint density at radius 3 is 1.91 bits per heavy atom. The Kier molecular flexibility index (Phi) is 15.6. The monoisotopic (exact) mass is 786 g/mol. The first-order valence-corrected chi connectivity index (χ1v) is 25.8. The van der Waals surface area contributed by atoms with Gasteiger partial charge in [0.25, 0.3) is 0 Å². The molecule has 10 heteroatoms. The van der Waals surface area contributed by atoms with Crippen LogP contribution in [0.2, 0.25) is 36.3 Å². The molecule has 3 aromatic rings. The fraction of sp³-hybridized carbons (Fsp3) is 0.511. The SMILES string of the molecule is CC(C)(C)[Si](C)(C)OCCCCNC(=O)/C=C/c1ccc2c(c1)[C@H](C(=O)NCCCCO[Si](C)(C)C(C)(C)C)[C@H](c1ccc(OCc3ccccc3)cc1)O2. The zero-order valence-corrected chi connectivity index (χ0v) is 37.1. The summed E-state index contributed by atoms with van der Waals surface area (Å²) >= 11 is 0. The zero-order valence-electron chi connectivity index (χ0n) is 35.1. The molecule has 300 valence electrons. The molecule has 1 aliphatic heterocycles. The quantitative estimate of drug-likeness (QED) is 0.0714. The highest BCUT2D eigenvalue weighted by Crippen LogP contribution is 2.47. The summed E-state index contributed by atoms with van der Waals surface area (Å²) in [6.45, 7) is 25.5. The number of nitrogens with one attached hydrogen (secondary N) is 2. The molecule has 55 heavy (non-hydrogen) atoms. The summed E-state index contributed by atoms with van der Waals surface area (Å²) in [7, 11) is -3.57. The number of benzene rings is 3. The zero-order chi connectivity index (χ0) is 40.3. The fourth-order valence-electron chi connectivity index (χ4n) is 5.73. The van der Waals surface area contributed by atoms with E-state index in [4.69, 9.17) is 18.3 Å². The molecule has 0 unspecified atom stereocenters. The van der Waals surface area contributed by atoms with Crippen LogP contribution in [0.5, 0.6) is 11.5 Å². The highest BCUT2D eigenvalue weighted by Gasteiger charge is 2.41.